The van der Waals surface area contributed by atoms with Crippen molar-refractivity contribution in [3.8, 4) is 11.4 Å². The number of aryl methyl sites for hydroxylation is 2. The normalized spacial score (nSPS) is 11.1. The number of aromatic nitrogens is 2. The first-order chi connectivity index (χ1) is 9.29. The van der Waals surface area contributed by atoms with E-state index in [4.69, 9.17) is 4.98 Å². The molecule has 96 valence electrons. The average Bonchev–Trinajstić information content (AvgIpc) is 2.78. The minimum atomic E-state index is 1.00. The van der Waals surface area contributed by atoms with Crippen LogP contribution in [0.15, 0.2) is 48.5 Å². The molecule has 0 aliphatic rings. The molecule has 0 aliphatic heterocycles. The van der Waals surface area contributed by atoms with Crippen LogP contribution in [-0.4, -0.2) is 9.55 Å². The summed E-state index contributed by atoms with van der Waals surface area (Å²) in [5.74, 6) is 1.07. The van der Waals surface area contributed by atoms with Crippen LogP contribution in [-0.2, 0) is 6.54 Å². The zero-order valence-electron chi connectivity index (χ0n) is 11.4. The summed E-state index contributed by atoms with van der Waals surface area (Å²) in [4.78, 5) is 4.83. The molecule has 1 heterocycles. The third-order valence-electron chi connectivity index (χ3n) is 3.38. The highest BCUT2D eigenvalue weighted by molar-refractivity contribution is 5.81. The van der Waals surface area contributed by atoms with E-state index in [2.05, 4.69) is 60.9 Å². The highest BCUT2D eigenvalue weighted by Gasteiger charge is 2.11. The van der Waals surface area contributed by atoms with Crippen LogP contribution in [0.3, 0.4) is 0 Å². The summed E-state index contributed by atoms with van der Waals surface area (Å²) < 4.78 is 2.32. The Bertz CT molecular complexity index is 696. The van der Waals surface area contributed by atoms with E-state index in [1.54, 1.807) is 0 Å². The highest BCUT2D eigenvalue weighted by Crippen LogP contribution is 2.25. The molecule has 0 atom stereocenters. The Kier molecular flexibility index (Phi) is 3.08. The molecule has 0 amide bonds. The van der Waals surface area contributed by atoms with E-state index in [1.807, 2.05) is 6.07 Å². The number of hydrogen-bond acceptors (Lipinski definition) is 1. The van der Waals surface area contributed by atoms with Crippen LogP contribution in [0, 0.1) is 6.92 Å². The molecule has 0 saturated carbocycles. The Balaban J connectivity index is 2.26. The second-order valence-corrected chi connectivity index (χ2v) is 4.95. The smallest absolute Gasteiger partial charge is 0.141 e. The van der Waals surface area contributed by atoms with E-state index in [9.17, 15) is 0 Å². The van der Waals surface area contributed by atoms with Gasteiger partial charge in [0, 0.05) is 12.1 Å². The van der Waals surface area contributed by atoms with Crippen LogP contribution >= 0.6 is 0 Å². The molecule has 2 nitrogen and oxygen atoms in total. The Morgan fingerprint density at radius 1 is 1.05 bits per heavy atom. The third-order valence-corrected chi connectivity index (χ3v) is 3.38. The lowest BCUT2D eigenvalue weighted by atomic mass is 10.2. The van der Waals surface area contributed by atoms with Gasteiger partial charge in [0.2, 0.25) is 0 Å². The Morgan fingerprint density at radius 2 is 1.84 bits per heavy atom. The Hall–Kier alpha value is -2.09. The van der Waals surface area contributed by atoms with Crippen LogP contribution in [0.5, 0.6) is 0 Å². The lowest BCUT2D eigenvalue weighted by molar-refractivity contribution is 0.704. The van der Waals surface area contributed by atoms with Gasteiger partial charge in [0.1, 0.15) is 5.82 Å². The van der Waals surface area contributed by atoms with Gasteiger partial charge in [-0.3, -0.25) is 0 Å². The number of hydrogen-bond donors (Lipinski definition) is 0. The molecule has 19 heavy (non-hydrogen) atoms. The molecular weight excluding hydrogens is 232 g/mol. The third kappa shape index (κ3) is 2.14. The van der Waals surface area contributed by atoms with Gasteiger partial charge in [-0.15, -0.1) is 0 Å². The van der Waals surface area contributed by atoms with Crippen molar-refractivity contribution in [3.63, 3.8) is 0 Å². The van der Waals surface area contributed by atoms with Crippen molar-refractivity contribution in [2.24, 2.45) is 0 Å². The van der Waals surface area contributed by atoms with Crippen molar-refractivity contribution >= 4 is 11.0 Å². The molecule has 3 rings (SSSR count). The van der Waals surface area contributed by atoms with Gasteiger partial charge in [0.15, 0.2) is 0 Å². The average molecular weight is 250 g/mol. The minimum Gasteiger partial charge on any atom is -0.324 e. The zero-order chi connectivity index (χ0) is 13.2. The van der Waals surface area contributed by atoms with Crippen LogP contribution in [0.2, 0.25) is 0 Å². The molecule has 0 saturated heterocycles. The quantitative estimate of drug-likeness (QED) is 0.672. The van der Waals surface area contributed by atoms with Crippen LogP contribution < -0.4 is 0 Å². The van der Waals surface area contributed by atoms with Gasteiger partial charge in [-0.25, -0.2) is 4.98 Å². The second-order valence-electron chi connectivity index (χ2n) is 4.95. The lowest BCUT2D eigenvalue weighted by Crippen LogP contribution is -1.99. The maximum absolute atomic E-state index is 4.83. The summed E-state index contributed by atoms with van der Waals surface area (Å²) in [5, 5.41) is 0. The summed E-state index contributed by atoms with van der Waals surface area (Å²) in [6, 6.07) is 16.9. The molecule has 1 aromatic heterocycles. The second kappa shape index (κ2) is 4.88. The number of rotatable bonds is 3. The van der Waals surface area contributed by atoms with Gasteiger partial charge in [0.05, 0.1) is 11.0 Å². The molecule has 0 aliphatic carbocycles. The van der Waals surface area contributed by atoms with E-state index >= 15 is 0 Å². The first kappa shape index (κ1) is 12.0. The fourth-order valence-electron chi connectivity index (χ4n) is 2.50. The summed E-state index contributed by atoms with van der Waals surface area (Å²) in [6.07, 6.45) is 1.11. The molecule has 0 spiro atoms. The Morgan fingerprint density at radius 3 is 2.58 bits per heavy atom. The highest BCUT2D eigenvalue weighted by atomic mass is 15.1. The standard InChI is InChI=1S/C17H18N2/c1-3-11-19-16-10-9-13(2)12-15(16)18-17(19)14-7-5-4-6-8-14/h4-10,12H,3,11H2,1-2H3. The molecule has 0 fully saturated rings. The van der Waals surface area contributed by atoms with E-state index in [1.165, 1.54) is 16.6 Å². The molecule has 3 aromatic rings. The first-order valence-corrected chi connectivity index (χ1v) is 6.82. The monoisotopic (exact) mass is 250 g/mol. The zero-order valence-corrected chi connectivity index (χ0v) is 11.4. The van der Waals surface area contributed by atoms with Gasteiger partial charge in [-0.1, -0.05) is 43.3 Å². The first-order valence-electron chi connectivity index (χ1n) is 6.82. The topological polar surface area (TPSA) is 17.8 Å². The molecule has 2 heteroatoms. The largest absolute Gasteiger partial charge is 0.324 e. The van der Waals surface area contributed by atoms with Gasteiger partial charge >= 0.3 is 0 Å². The van der Waals surface area contributed by atoms with E-state index in [0.717, 1.165) is 24.3 Å². The molecule has 0 N–H and O–H groups in total. The number of benzene rings is 2. The summed E-state index contributed by atoms with van der Waals surface area (Å²) in [7, 11) is 0. The number of imidazole rings is 1. The molecular formula is C17H18N2. The van der Waals surface area contributed by atoms with E-state index < -0.39 is 0 Å². The van der Waals surface area contributed by atoms with Crippen LogP contribution in [0.25, 0.3) is 22.4 Å². The van der Waals surface area contributed by atoms with Crippen molar-refractivity contribution < 1.29 is 0 Å². The predicted molar refractivity (Wildman–Crippen MR) is 80.2 cm³/mol. The summed E-state index contributed by atoms with van der Waals surface area (Å²) in [5.41, 5.74) is 4.76. The maximum Gasteiger partial charge on any atom is 0.141 e. The fourth-order valence-corrected chi connectivity index (χ4v) is 2.50. The van der Waals surface area contributed by atoms with Crippen molar-refractivity contribution in [1.82, 2.24) is 9.55 Å². The summed E-state index contributed by atoms with van der Waals surface area (Å²) >= 11 is 0. The fraction of sp³-hybridized carbons (Fsp3) is 0.235. The Labute approximate surface area is 113 Å². The van der Waals surface area contributed by atoms with Crippen molar-refractivity contribution in [3.05, 3.63) is 54.1 Å². The summed E-state index contributed by atoms with van der Waals surface area (Å²) in [6.45, 7) is 5.32. The van der Waals surface area contributed by atoms with E-state index in [0.29, 0.717) is 0 Å². The van der Waals surface area contributed by atoms with Crippen LogP contribution in [0.1, 0.15) is 18.9 Å². The maximum atomic E-state index is 4.83. The van der Waals surface area contributed by atoms with Crippen molar-refractivity contribution in [1.29, 1.82) is 0 Å². The van der Waals surface area contributed by atoms with Crippen LogP contribution in [0.4, 0.5) is 0 Å². The lowest BCUT2D eigenvalue weighted by Gasteiger charge is -2.07. The number of fused-ring (bicyclic) bond motifs is 1. The van der Waals surface area contributed by atoms with Gasteiger partial charge in [-0.05, 0) is 31.0 Å². The van der Waals surface area contributed by atoms with Crippen molar-refractivity contribution in [2.45, 2.75) is 26.8 Å². The molecule has 0 bridgehead atoms. The van der Waals surface area contributed by atoms with Crippen molar-refractivity contribution in [2.75, 3.05) is 0 Å². The predicted octanol–water partition coefficient (Wildman–Crippen LogP) is 4.42. The van der Waals surface area contributed by atoms with Gasteiger partial charge in [-0.2, -0.15) is 0 Å². The molecule has 0 radical (unpaired) electrons. The number of nitrogens with zero attached hydrogens (tertiary/aromatic N) is 2. The van der Waals surface area contributed by atoms with Gasteiger partial charge in [0.25, 0.3) is 0 Å². The minimum absolute atomic E-state index is 1.00. The molecule has 2 aromatic carbocycles. The SMILES string of the molecule is CCCn1c(-c2ccccc2)nc2cc(C)ccc21. The van der Waals surface area contributed by atoms with Gasteiger partial charge < -0.3 is 4.57 Å². The van der Waals surface area contributed by atoms with E-state index in [-0.39, 0.29) is 0 Å². The molecule has 0 unspecified atom stereocenters.